The number of esters is 1. The quantitative estimate of drug-likeness (QED) is 0.682. The lowest BCUT2D eigenvalue weighted by Gasteiger charge is -2.16. The fourth-order valence-corrected chi connectivity index (χ4v) is 4.44. The highest BCUT2D eigenvalue weighted by atomic mass is 32.1. The zero-order valence-corrected chi connectivity index (χ0v) is 16.9. The number of fused-ring (bicyclic) bond motifs is 1. The largest absolute Gasteiger partial charge is 0.451 e. The van der Waals surface area contributed by atoms with Gasteiger partial charge in [-0.1, -0.05) is 32.4 Å². The van der Waals surface area contributed by atoms with Crippen LogP contribution in [0.25, 0.3) is 0 Å². The standard InChI is InChI=1S/C22H27NO3S/c1-3-4-5-16-7-9-18(10-8-16)23-21(24)14-26-22(25)20-13-17-12-15(2)6-11-19(17)27-20/h7-10,13,15H,3-6,11-12,14H2,1-2H3,(H,23,24)/t15-/m1/s1. The molecule has 1 aromatic carbocycles. The van der Waals surface area contributed by atoms with Gasteiger partial charge in [0.05, 0.1) is 0 Å². The number of carbonyl (C=O) groups excluding carboxylic acids is 2. The molecule has 0 unspecified atom stereocenters. The number of benzene rings is 1. The Morgan fingerprint density at radius 1 is 1.26 bits per heavy atom. The molecule has 0 saturated heterocycles. The lowest BCUT2D eigenvalue weighted by molar-refractivity contribution is -0.119. The van der Waals surface area contributed by atoms with Gasteiger partial charge in [-0.15, -0.1) is 11.3 Å². The predicted octanol–water partition coefficient (Wildman–Crippen LogP) is 5.01. The summed E-state index contributed by atoms with van der Waals surface area (Å²) in [5, 5.41) is 2.77. The van der Waals surface area contributed by atoms with E-state index in [0.717, 1.165) is 37.8 Å². The Labute approximate surface area is 164 Å². The van der Waals surface area contributed by atoms with Gasteiger partial charge in [0.25, 0.3) is 5.91 Å². The molecule has 1 heterocycles. The highest BCUT2D eigenvalue weighted by Crippen LogP contribution is 2.32. The van der Waals surface area contributed by atoms with Crippen molar-refractivity contribution in [3.05, 3.63) is 51.2 Å². The summed E-state index contributed by atoms with van der Waals surface area (Å²) in [5.41, 5.74) is 3.24. The summed E-state index contributed by atoms with van der Waals surface area (Å²) >= 11 is 1.50. The molecule has 0 spiro atoms. The molecule has 0 bridgehead atoms. The molecular weight excluding hydrogens is 358 g/mol. The van der Waals surface area contributed by atoms with Crippen LogP contribution in [0.3, 0.4) is 0 Å². The zero-order chi connectivity index (χ0) is 19.2. The zero-order valence-electron chi connectivity index (χ0n) is 16.0. The topological polar surface area (TPSA) is 55.4 Å². The summed E-state index contributed by atoms with van der Waals surface area (Å²) < 4.78 is 5.20. The van der Waals surface area contributed by atoms with Gasteiger partial charge in [0.2, 0.25) is 0 Å². The molecule has 1 aromatic heterocycles. The van der Waals surface area contributed by atoms with Gasteiger partial charge in [0.15, 0.2) is 6.61 Å². The average Bonchev–Trinajstić information content (AvgIpc) is 3.09. The van der Waals surface area contributed by atoms with E-state index in [1.807, 2.05) is 30.3 Å². The second kappa shape index (κ2) is 9.18. The molecule has 3 rings (SSSR count). The summed E-state index contributed by atoms with van der Waals surface area (Å²) in [4.78, 5) is 26.2. The number of amides is 1. The third kappa shape index (κ3) is 5.42. The maximum Gasteiger partial charge on any atom is 0.348 e. The number of rotatable bonds is 7. The van der Waals surface area contributed by atoms with Crippen molar-refractivity contribution >= 4 is 28.9 Å². The average molecular weight is 386 g/mol. The Kier molecular flexibility index (Phi) is 6.67. The first-order valence-corrected chi connectivity index (χ1v) is 10.5. The second-order valence-electron chi connectivity index (χ2n) is 7.33. The van der Waals surface area contributed by atoms with Gasteiger partial charge in [-0.2, -0.15) is 0 Å². The van der Waals surface area contributed by atoms with E-state index in [1.165, 1.54) is 33.8 Å². The Hall–Kier alpha value is -2.14. The number of ether oxygens (including phenoxy) is 1. The van der Waals surface area contributed by atoms with Crippen molar-refractivity contribution in [2.24, 2.45) is 5.92 Å². The van der Waals surface area contributed by atoms with E-state index in [9.17, 15) is 9.59 Å². The van der Waals surface area contributed by atoms with Gasteiger partial charge in [0, 0.05) is 10.6 Å². The first kappa shape index (κ1) is 19.6. The lowest BCUT2D eigenvalue weighted by atomic mass is 9.90. The molecule has 1 aliphatic carbocycles. The molecule has 1 N–H and O–H groups in total. The van der Waals surface area contributed by atoms with Crippen LogP contribution in [0.15, 0.2) is 30.3 Å². The van der Waals surface area contributed by atoms with Crippen LogP contribution in [-0.2, 0) is 28.8 Å². The van der Waals surface area contributed by atoms with E-state index < -0.39 is 5.97 Å². The van der Waals surface area contributed by atoms with Crippen LogP contribution in [-0.4, -0.2) is 18.5 Å². The Morgan fingerprint density at radius 2 is 2.04 bits per heavy atom. The molecular formula is C22H27NO3S. The Balaban J connectivity index is 1.48. The van der Waals surface area contributed by atoms with E-state index in [-0.39, 0.29) is 12.5 Å². The van der Waals surface area contributed by atoms with Crippen molar-refractivity contribution in [1.82, 2.24) is 0 Å². The van der Waals surface area contributed by atoms with Crippen LogP contribution in [0.5, 0.6) is 0 Å². The van der Waals surface area contributed by atoms with Crippen LogP contribution in [0.4, 0.5) is 5.69 Å². The number of unbranched alkanes of at least 4 members (excludes halogenated alkanes) is 1. The fourth-order valence-electron chi connectivity index (χ4n) is 3.34. The van der Waals surface area contributed by atoms with Gasteiger partial charge in [0.1, 0.15) is 4.88 Å². The minimum absolute atomic E-state index is 0.268. The second-order valence-corrected chi connectivity index (χ2v) is 8.47. The number of hydrogen-bond acceptors (Lipinski definition) is 4. The maximum atomic E-state index is 12.3. The van der Waals surface area contributed by atoms with E-state index in [0.29, 0.717) is 10.8 Å². The van der Waals surface area contributed by atoms with Crippen LogP contribution in [0.2, 0.25) is 0 Å². The van der Waals surface area contributed by atoms with E-state index in [1.54, 1.807) is 0 Å². The van der Waals surface area contributed by atoms with Gasteiger partial charge in [-0.3, -0.25) is 4.79 Å². The summed E-state index contributed by atoms with van der Waals surface area (Å²) in [7, 11) is 0. The number of nitrogens with one attached hydrogen (secondary N) is 1. The molecule has 2 aromatic rings. The molecule has 0 aliphatic heterocycles. The molecule has 144 valence electrons. The minimum atomic E-state index is -0.410. The van der Waals surface area contributed by atoms with Crippen molar-refractivity contribution in [2.45, 2.75) is 52.4 Å². The van der Waals surface area contributed by atoms with Gasteiger partial charge in [-0.05, 0) is 67.3 Å². The van der Waals surface area contributed by atoms with Crippen molar-refractivity contribution < 1.29 is 14.3 Å². The smallest absolute Gasteiger partial charge is 0.348 e. The van der Waals surface area contributed by atoms with Crippen LogP contribution < -0.4 is 5.32 Å². The van der Waals surface area contributed by atoms with Gasteiger partial charge < -0.3 is 10.1 Å². The molecule has 4 nitrogen and oxygen atoms in total. The summed E-state index contributed by atoms with van der Waals surface area (Å²) in [6.07, 6.45) is 6.59. The Morgan fingerprint density at radius 3 is 2.78 bits per heavy atom. The molecule has 0 radical (unpaired) electrons. The van der Waals surface area contributed by atoms with Crippen molar-refractivity contribution in [3.8, 4) is 0 Å². The SMILES string of the molecule is CCCCc1ccc(NC(=O)COC(=O)c2cc3c(s2)CC[C@@H](C)C3)cc1. The molecule has 0 fully saturated rings. The van der Waals surface area contributed by atoms with Crippen molar-refractivity contribution in [3.63, 3.8) is 0 Å². The van der Waals surface area contributed by atoms with E-state index in [4.69, 9.17) is 4.74 Å². The number of carbonyl (C=O) groups is 2. The summed E-state index contributed by atoms with van der Waals surface area (Å²) in [5.74, 6) is -0.0678. The van der Waals surface area contributed by atoms with E-state index >= 15 is 0 Å². The first-order valence-electron chi connectivity index (χ1n) is 9.72. The van der Waals surface area contributed by atoms with Crippen molar-refractivity contribution in [1.29, 1.82) is 0 Å². The molecule has 1 amide bonds. The highest BCUT2D eigenvalue weighted by Gasteiger charge is 2.21. The monoisotopic (exact) mass is 385 g/mol. The van der Waals surface area contributed by atoms with Gasteiger partial charge in [-0.25, -0.2) is 4.79 Å². The van der Waals surface area contributed by atoms with Crippen molar-refractivity contribution in [2.75, 3.05) is 11.9 Å². The summed E-state index contributed by atoms with van der Waals surface area (Å²) in [6.45, 7) is 4.14. The van der Waals surface area contributed by atoms with Crippen LogP contribution >= 0.6 is 11.3 Å². The molecule has 0 saturated carbocycles. The third-order valence-electron chi connectivity index (χ3n) is 4.92. The minimum Gasteiger partial charge on any atom is -0.451 e. The normalized spacial score (nSPS) is 15.9. The molecule has 27 heavy (non-hydrogen) atoms. The first-order chi connectivity index (χ1) is 13.0. The molecule has 1 atom stereocenters. The highest BCUT2D eigenvalue weighted by molar-refractivity contribution is 7.14. The molecule has 5 heteroatoms. The molecule has 1 aliphatic rings. The summed E-state index contributed by atoms with van der Waals surface area (Å²) in [6, 6.07) is 9.76. The lowest BCUT2D eigenvalue weighted by Crippen LogP contribution is -2.20. The number of anilines is 1. The number of thiophene rings is 1. The van der Waals surface area contributed by atoms with E-state index in [2.05, 4.69) is 19.2 Å². The third-order valence-corrected chi connectivity index (χ3v) is 6.14. The van der Waals surface area contributed by atoms with Gasteiger partial charge >= 0.3 is 5.97 Å². The number of aryl methyl sites for hydroxylation is 2. The fraction of sp³-hybridized carbons (Fsp3) is 0.455. The predicted molar refractivity (Wildman–Crippen MR) is 109 cm³/mol. The Bertz CT molecular complexity index is 794. The maximum absolute atomic E-state index is 12.3. The van der Waals surface area contributed by atoms with Crippen LogP contribution in [0.1, 0.15) is 58.8 Å². The van der Waals surface area contributed by atoms with Crippen LogP contribution in [0, 0.1) is 5.92 Å². The number of hydrogen-bond donors (Lipinski definition) is 1.